The highest BCUT2D eigenvalue weighted by Crippen LogP contribution is 2.30. The lowest BCUT2D eigenvalue weighted by Gasteiger charge is -2.29. The third-order valence-corrected chi connectivity index (χ3v) is 3.43. The van der Waals surface area contributed by atoms with Gasteiger partial charge >= 0.3 is 0 Å². The number of nitrogens with zero attached hydrogens (tertiary/aromatic N) is 3. The number of aromatic nitrogens is 1. The minimum atomic E-state index is 0.232. The molecule has 1 aromatic heterocycles. The molecule has 0 atom stereocenters. The Morgan fingerprint density at radius 2 is 2.16 bits per heavy atom. The zero-order valence-corrected chi connectivity index (χ0v) is 10.5. The van der Waals surface area contributed by atoms with E-state index >= 15 is 0 Å². The SMILES string of the molecule is N#Cc1cnc2ccccc2c1N1CCCC(=O)C1. The Bertz CT molecular complexity index is 687. The van der Waals surface area contributed by atoms with Crippen LogP contribution in [-0.4, -0.2) is 23.9 Å². The maximum atomic E-state index is 11.6. The van der Waals surface area contributed by atoms with Crippen LogP contribution in [0.1, 0.15) is 18.4 Å². The molecule has 1 aliphatic rings. The van der Waals surface area contributed by atoms with Gasteiger partial charge in [0.25, 0.3) is 0 Å². The molecule has 0 amide bonds. The molecule has 0 bridgehead atoms. The zero-order valence-electron chi connectivity index (χ0n) is 10.5. The molecule has 0 N–H and O–H groups in total. The molecule has 1 aliphatic heterocycles. The molecule has 2 aromatic rings. The molecule has 2 heterocycles. The van der Waals surface area contributed by atoms with Gasteiger partial charge in [0, 0.05) is 24.5 Å². The van der Waals surface area contributed by atoms with Crippen molar-refractivity contribution >= 4 is 22.4 Å². The lowest BCUT2D eigenvalue weighted by molar-refractivity contribution is -0.118. The van der Waals surface area contributed by atoms with Crippen LogP contribution in [0.3, 0.4) is 0 Å². The number of ketones is 1. The molecular formula is C15H13N3O. The summed E-state index contributed by atoms with van der Waals surface area (Å²) in [5.41, 5.74) is 2.24. The van der Waals surface area contributed by atoms with Crippen molar-refractivity contribution in [2.45, 2.75) is 12.8 Å². The monoisotopic (exact) mass is 251 g/mol. The molecule has 0 spiro atoms. The van der Waals surface area contributed by atoms with E-state index in [4.69, 9.17) is 0 Å². The van der Waals surface area contributed by atoms with Gasteiger partial charge in [-0.1, -0.05) is 18.2 Å². The van der Waals surface area contributed by atoms with Gasteiger partial charge in [-0.3, -0.25) is 9.78 Å². The summed E-state index contributed by atoms with van der Waals surface area (Å²) in [5, 5.41) is 10.2. The van der Waals surface area contributed by atoms with Crippen LogP contribution in [0, 0.1) is 11.3 Å². The quantitative estimate of drug-likeness (QED) is 0.780. The van der Waals surface area contributed by atoms with Crippen molar-refractivity contribution in [1.82, 2.24) is 4.98 Å². The molecule has 4 nitrogen and oxygen atoms in total. The lowest BCUT2D eigenvalue weighted by Crippen LogP contribution is -2.36. The van der Waals surface area contributed by atoms with Gasteiger partial charge < -0.3 is 4.90 Å². The summed E-state index contributed by atoms with van der Waals surface area (Å²) >= 11 is 0. The van der Waals surface area contributed by atoms with E-state index in [0.29, 0.717) is 18.5 Å². The van der Waals surface area contributed by atoms with Crippen LogP contribution < -0.4 is 4.90 Å². The summed E-state index contributed by atoms with van der Waals surface area (Å²) in [4.78, 5) is 17.9. The standard InChI is InChI=1S/C15H13N3O/c16-8-11-9-17-14-6-2-1-5-13(14)15(11)18-7-3-4-12(19)10-18/h1-2,5-6,9H,3-4,7,10H2. The van der Waals surface area contributed by atoms with Gasteiger partial charge in [0.2, 0.25) is 0 Å². The van der Waals surface area contributed by atoms with Crippen LogP contribution in [0.2, 0.25) is 0 Å². The van der Waals surface area contributed by atoms with Crippen molar-refractivity contribution in [1.29, 1.82) is 5.26 Å². The number of para-hydroxylation sites is 1. The number of pyridine rings is 1. The molecule has 1 aromatic carbocycles. The lowest BCUT2D eigenvalue weighted by atomic mass is 10.0. The summed E-state index contributed by atoms with van der Waals surface area (Å²) in [5.74, 6) is 0.232. The minimum absolute atomic E-state index is 0.232. The number of anilines is 1. The first-order valence-electron chi connectivity index (χ1n) is 6.34. The zero-order chi connectivity index (χ0) is 13.2. The first-order valence-corrected chi connectivity index (χ1v) is 6.34. The second kappa shape index (κ2) is 4.69. The number of hydrogen-bond donors (Lipinski definition) is 0. The van der Waals surface area contributed by atoms with E-state index in [0.717, 1.165) is 29.6 Å². The molecule has 1 saturated heterocycles. The van der Waals surface area contributed by atoms with Crippen molar-refractivity contribution in [3.05, 3.63) is 36.0 Å². The second-order valence-electron chi connectivity index (χ2n) is 4.71. The Morgan fingerprint density at radius 1 is 1.32 bits per heavy atom. The van der Waals surface area contributed by atoms with Crippen LogP contribution in [0.4, 0.5) is 5.69 Å². The Balaban J connectivity index is 2.19. The number of benzene rings is 1. The highest BCUT2D eigenvalue weighted by molar-refractivity contribution is 5.96. The van der Waals surface area contributed by atoms with Crippen LogP contribution in [0.25, 0.3) is 10.9 Å². The Labute approximate surface area is 111 Å². The van der Waals surface area contributed by atoms with E-state index in [2.05, 4.69) is 11.1 Å². The van der Waals surface area contributed by atoms with Crippen LogP contribution >= 0.6 is 0 Å². The molecule has 4 heteroatoms. The first-order chi connectivity index (χ1) is 9.29. The summed E-state index contributed by atoms with van der Waals surface area (Å²) in [7, 11) is 0. The Hall–Kier alpha value is -2.41. The van der Waals surface area contributed by atoms with Gasteiger partial charge in [0.15, 0.2) is 5.78 Å². The van der Waals surface area contributed by atoms with Crippen molar-refractivity contribution < 1.29 is 4.79 Å². The van der Waals surface area contributed by atoms with Gasteiger partial charge in [0.1, 0.15) is 6.07 Å². The number of rotatable bonds is 1. The van der Waals surface area contributed by atoms with Gasteiger partial charge in [-0.2, -0.15) is 5.26 Å². The topological polar surface area (TPSA) is 57.0 Å². The van der Waals surface area contributed by atoms with E-state index < -0.39 is 0 Å². The fourth-order valence-electron chi connectivity index (χ4n) is 2.58. The predicted molar refractivity (Wildman–Crippen MR) is 72.9 cm³/mol. The average Bonchev–Trinajstić information content (AvgIpc) is 2.46. The fraction of sp³-hybridized carbons (Fsp3) is 0.267. The number of carbonyl (C=O) groups excluding carboxylic acids is 1. The summed E-state index contributed by atoms with van der Waals surface area (Å²) in [6.45, 7) is 1.21. The molecule has 0 unspecified atom stereocenters. The number of Topliss-reactive ketones (excluding diaryl/α,β-unsaturated/α-hetero) is 1. The molecule has 0 aliphatic carbocycles. The molecule has 0 radical (unpaired) electrons. The number of piperidine rings is 1. The minimum Gasteiger partial charge on any atom is -0.363 e. The molecule has 94 valence electrons. The third-order valence-electron chi connectivity index (χ3n) is 3.43. The third kappa shape index (κ3) is 2.04. The maximum absolute atomic E-state index is 11.6. The molecule has 1 fully saturated rings. The van der Waals surface area contributed by atoms with E-state index in [-0.39, 0.29) is 5.78 Å². The number of nitriles is 1. The van der Waals surface area contributed by atoms with E-state index in [1.165, 1.54) is 0 Å². The van der Waals surface area contributed by atoms with Crippen molar-refractivity contribution in [3.8, 4) is 6.07 Å². The Morgan fingerprint density at radius 3 is 2.95 bits per heavy atom. The number of fused-ring (bicyclic) bond motifs is 1. The van der Waals surface area contributed by atoms with E-state index in [1.807, 2.05) is 29.2 Å². The average molecular weight is 251 g/mol. The van der Waals surface area contributed by atoms with Gasteiger partial charge in [-0.25, -0.2) is 0 Å². The molecular weight excluding hydrogens is 238 g/mol. The van der Waals surface area contributed by atoms with Crippen molar-refractivity contribution in [3.63, 3.8) is 0 Å². The predicted octanol–water partition coefficient (Wildman–Crippen LogP) is 2.28. The van der Waals surface area contributed by atoms with E-state index in [9.17, 15) is 10.1 Å². The number of carbonyl (C=O) groups is 1. The van der Waals surface area contributed by atoms with Crippen LogP contribution in [0.15, 0.2) is 30.5 Å². The second-order valence-corrected chi connectivity index (χ2v) is 4.71. The van der Waals surface area contributed by atoms with Gasteiger partial charge in [-0.15, -0.1) is 0 Å². The Kier molecular flexibility index (Phi) is 2.88. The first kappa shape index (κ1) is 11.7. The normalized spacial score (nSPS) is 15.5. The van der Waals surface area contributed by atoms with Crippen molar-refractivity contribution in [2.24, 2.45) is 0 Å². The van der Waals surface area contributed by atoms with E-state index in [1.54, 1.807) is 6.20 Å². The largest absolute Gasteiger partial charge is 0.363 e. The maximum Gasteiger partial charge on any atom is 0.152 e. The summed E-state index contributed by atoms with van der Waals surface area (Å²) in [6, 6.07) is 9.92. The van der Waals surface area contributed by atoms with Crippen LogP contribution in [-0.2, 0) is 4.79 Å². The molecule has 0 saturated carbocycles. The fourth-order valence-corrected chi connectivity index (χ4v) is 2.58. The summed E-state index contributed by atoms with van der Waals surface area (Å²) < 4.78 is 0. The number of hydrogen-bond acceptors (Lipinski definition) is 4. The summed E-state index contributed by atoms with van der Waals surface area (Å²) in [6.07, 6.45) is 3.08. The van der Waals surface area contributed by atoms with Gasteiger partial charge in [-0.05, 0) is 12.5 Å². The van der Waals surface area contributed by atoms with Crippen LogP contribution in [0.5, 0.6) is 0 Å². The molecule has 3 rings (SSSR count). The van der Waals surface area contributed by atoms with Gasteiger partial charge in [0.05, 0.1) is 23.3 Å². The smallest absolute Gasteiger partial charge is 0.152 e. The highest BCUT2D eigenvalue weighted by Gasteiger charge is 2.21. The molecule has 19 heavy (non-hydrogen) atoms. The highest BCUT2D eigenvalue weighted by atomic mass is 16.1. The van der Waals surface area contributed by atoms with Crippen molar-refractivity contribution in [2.75, 3.05) is 18.0 Å².